The molecule has 0 unspecified atom stereocenters. The number of amides is 1. The van der Waals surface area contributed by atoms with E-state index in [2.05, 4.69) is 10.2 Å². The number of nitrogens with zero attached hydrogens (tertiary/aromatic N) is 2. The van der Waals surface area contributed by atoms with Gasteiger partial charge < -0.3 is 9.53 Å². The van der Waals surface area contributed by atoms with E-state index in [9.17, 15) is 9.59 Å². The van der Waals surface area contributed by atoms with Crippen LogP contribution in [0.4, 0.5) is 4.79 Å². The van der Waals surface area contributed by atoms with Gasteiger partial charge in [0.1, 0.15) is 18.4 Å². The van der Waals surface area contributed by atoms with Crippen LogP contribution in [0.1, 0.15) is 20.8 Å². The normalized spacial score (nSPS) is 11.6. The molecule has 0 aromatic rings. The second-order valence-electron chi connectivity index (χ2n) is 3.07. The summed E-state index contributed by atoms with van der Waals surface area (Å²) in [5, 5.41) is 6.39. The molecule has 0 radical (unpaired) electrons. The number of carbonyl (C=O) groups excluding carboxylic acids is 2. The Bertz CT molecular complexity index is 193. The van der Waals surface area contributed by atoms with E-state index in [1.165, 1.54) is 0 Å². The van der Waals surface area contributed by atoms with Crippen LogP contribution in [0.15, 0.2) is 10.2 Å². The van der Waals surface area contributed by atoms with Crippen LogP contribution in [0.3, 0.4) is 0 Å². The van der Waals surface area contributed by atoms with Gasteiger partial charge in [0.25, 0.3) is 0 Å². The van der Waals surface area contributed by atoms with Gasteiger partial charge in [-0.1, -0.05) is 5.11 Å². The molecule has 0 aliphatic carbocycles. The Morgan fingerprint density at radius 2 is 2.08 bits per heavy atom. The number of aldehydes is 1. The number of hydrogen-bond donors (Lipinski definition) is 0. The third-order valence-electron chi connectivity index (χ3n) is 0.702. The largest absolute Gasteiger partial charge is 0.452 e. The van der Waals surface area contributed by atoms with Gasteiger partial charge in [-0.2, -0.15) is 5.11 Å². The van der Waals surface area contributed by atoms with E-state index in [-0.39, 0.29) is 6.54 Å². The van der Waals surface area contributed by atoms with Crippen molar-refractivity contribution in [2.45, 2.75) is 26.4 Å². The predicted octanol–water partition coefficient (Wildman–Crippen LogP) is 1.57. The highest BCUT2D eigenvalue weighted by Crippen LogP contribution is 2.07. The predicted molar refractivity (Wildman–Crippen MR) is 42.0 cm³/mol. The van der Waals surface area contributed by atoms with Gasteiger partial charge in [0.2, 0.25) is 0 Å². The molecule has 0 saturated heterocycles. The number of azo groups is 1. The molecule has 0 aromatic heterocycles. The zero-order valence-corrected chi connectivity index (χ0v) is 7.40. The summed E-state index contributed by atoms with van der Waals surface area (Å²) in [4.78, 5) is 20.5. The molecule has 0 aliphatic heterocycles. The minimum absolute atomic E-state index is 0.112. The first-order valence-corrected chi connectivity index (χ1v) is 3.50. The van der Waals surface area contributed by atoms with Crippen molar-refractivity contribution in [2.24, 2.45) is 10.2 Å². The van der Waals surface area contributed by atoms with E-state index >= 15 is 0 Å². The maximum atomic E-state index is 10.7. The van der Waals surface area contributed by atoms with Crippen molar-refractivity contribution in [1.29, 1.82) is 0 Å². The van der Waals surface area contributed by atoms with E-state index in [4.69, 9.17) is 4.74 Å². The smallest absolute Gasteiger partial charge is 0.441 e. The molecule has 12 heavy (non-hydrogen) atoms. The maximum Gasteiger partial charge on any atom is 0.452 e. The lowest BCUT2D eigenvalue weighted by molar-refractivity contribution is -0.106. The summed E-state index contributed by atoms with van der Waals surface area (Å²) in [6.45, 7) is 5.06. The lowest BCUT2D eigenvalue weighted by atomic mass is 10.2. The number of ether oxygens (including phenoxy) is 1. The number of hydrogen-bond acceptors (Lipinski definition) is 4. The van der Waals surface area contributed by atoms with Crippen molar-refractivity contribution in [1.82, 2.24) is 0 Å². The van der Waals surface area contributed by atoms with Gasteiger partial charge in [-0.05, 0) is 20.8 Å². The highest BCUT2D eigenvalue weighted by Gasteiger charge is 2.15. The van der Waals surface area contributed by atoms with Crippen LogP contribution < -0.4 is 0 Å². The van der Waals surface area contributed by atoms with Gasteiger partial charge >= 0.3 is 6.09 Å². The average molecular weight is 172 g/mol. The molecule has 0 heterocycles. The minimum Gasteiger partial charge on any atom is -0.441 e. The SMILES string of the molecule is CC(C)(C)OC(=O)N=NCC=O. The van der Waals surface area contributed by atoms with Crippen LogP contribution in [-0.4, -0.2) is 24.5 Å². The van der Waals surface area contributed by atoms with Crippen molar-refractivity contribution in [3.63, 3.8) is 0 Å². The van der Waals surface area contributed by atoms with Gasteiger partial charge in [0.05, 0.1) is 0 Å². The fraction of sp³-hybridized carbons (Fsp3) is 0.714. The summed E-state index contributed by atoms with van der Waals surface area (Å²) in [7, 11) is 0. The molecule has 0 aromatic carbocycles. The van der Waals surface area contributed by atoms with Gasteiger partial charge in [-0.25, -0.2) is 4.79 Å². The van der Waals surface area contributed by atoms with E-state index < -0.39 is 11.7 Å². The lowest BCUT2D eigenvalue weighted by Crippen LogP contribution is -2.21. The minimum atomic E-state index is -0.774. The lowest BCUT2D eigenvalue weighted by Gasteiger charge is -2.16. The molecule has 0 fully saturated rings. The Hall–Kier alpha value is -1.26. The maximum absolute atomic E-state index is 10.7. The summed E-state index contributed by atoms with van der Waals surface area (Å²) < 4.78 is 4.77. The van der Waals surface area contributed by atoms with Crippen LogP contribution in [0, 0.1) is 0 Å². The van der Waals surface area contributed by atoms with Crippen molar-refractivity contribution < 1.29 is 14.3 Å². The van der Waals surface area contributed by atoms with Crippen molar-refractivity contribution in [2.75, 3.05) is 6.54 Å². The first-order valence-electron chi connectivity index (χ1n) is 3.50. The Kier molecular flexibility index (Phi) is 4.10. The Morgan fingerprint density at radius 1 is 1.50 bits per heavy atom. The molecule has 0 saturated carbocycles. The van der Waals surface area contributed by atoms with Crippen LogP contribution in [0.25, 0.3) is 0 Å². The molecule has 0 aliphatic rings. The van der Waals surface area contributed by atoms with Crippen molar-refractivity contribution in [3.8, 4) is 0 Å². The second-order valence-corrected chi connectivity index (χ2v) is 3.07. The number of carbonyl (C=O) groups is 2. The molecule has 5 nitrogen and oxygen atoms in total. The Morgan fingerprint density at radius 3 is 2.50 bits per heavy atom. The average Bonchev–Trinajstić information content (AvgIpc) is 1.84. The van der Waals surface area contributed by atoms with Crippen LogP contribution in [0.5, 0.6) is 0 Å². The zero-order chi connectivity index (χ0) is 9.61. The van der Waals surface area contributed by atoms with Crippen molar-refractivity contribution >= 4 is 12.4 Å². The third-order valence-corrected chi connectivity index (χ3v) is 0.702. The van der Waals surface area contributed by atoms with Gasteiger partial charge in [-0.15, -0.1) is 0 Å². The van der Waals surface area contributed by atoms with Gasteiger partial charge in [0, 0.05) is 0 Å². The molecule has 0 spiro atoms. The fourth-order valence-corrected chi connectivity index (χ4v) is 0.414. The Labute approximate surface area is 70.8 Å². The molecular weight excluding hydrogens is 160 g/mol. The molecule has 0 rings (SSSR count). The van der Waals surface area contributed by atoms with Crippen LogP contribution in [0.2, 0.25) is 0 Å². The molecule has 1 amide bonds. The second kappa shape index (κ2) is 4.58. The van der Waals surface area contributed by atoms with Crippen LogP contribution in [-0.2, 0) is 9.53 Å². The monoisotopic (exact) mass is 172 g/mol. The molecule has 5 heteroatoms. The summed E-state index contributed by atoms with van der Waals surface area (Å²) in [5.41, 5.74) is -0.572. The van der Waals surface area contributed by atoms with E-state index in [0.717, 1.165) is 0 Å². The van der Waals surface area contributed by atoms with Gasteiger partial charge in [-0.3, -0.25) is 0 Å². The van der Waals surface area contributed by atoms with Crippen LogP contribution >= 0.6 is 0 Å². The molecule has 68 valence electrons. The highest BCUT2D eigenvalue weighted by molar-refractivity contribution is 5.68. The molecule has 0 atom stereocenters. The standard InChI is InChI=1S/C7H12N2O3/c1-7(2,3)12-6(11)9-8-4-5-10/h5H,4H2,1-3H3. The quantitative estimate of drug-likeness (QED) is 0.469. The third kappa shape index (κ3) is 6.85. The highest BCUT2D eigenvalue weighted by atomic mass is 16.6. The van der Waals surface area contributed by atoms with E-state index in [1.54, 1.807) is 20.8 Å². The van der Waals surface area contributed by atoms with Crippen molar-refractivity contribution in [3.05, 3.63) is 0 Å². The molecular formula is C7H12N2O3. The number of rotatable bonds is 2. The molecule has 0 bridgehead atoms. The summed E-state index contributed by atoms with van der Waals surface area (Å²) in [6, 6.07) is 0. The molecule has 0 N–H and O–H groups in total. The summed E-state index contributed by atoms with van der Waals surface area (Å²) in [5.74, 6) is 0. The summed E-state index contributed by atoms with van der Waals surface area (Å²) in [6.07, 6.45) is -0.224. The van der Waals surface area contributed by atoms with Gasteiger partial charge in [0.15, 0.2) is 0 Å². The first kappa shape index (κ1) is 10.7. The van der Waals surface area contributed by atoms with E-state index in [1.807, 2.05) is 0 Å². The Balaban J connectivity index is 3.82. The van der Waals surface area contributed by atoms with E-state index in [0.29, 0.717) is 6.29 Å². The summed E-state index contributed by atoms with van der Waals surface area (Å²) >= 11 is 0. The topological polar surface area (TPSA) is 68.1 Å². The zero-order valence-electron chi connectivity index (χ0n) is 7.40. The first-order chi connectivity index (χ1) is 5.45. The fourth-order valence-electron chi connectivity index (χ4n) is 0.414.